The molecule has 0 bridgehead atoms. The normalized spacial score (nSPS) is 17.8. The molecule has 49 heavy (non-hydrogen) atoms. The van der Waals surface area contributed by atoms with Crippen molar-refractivity contribution in [2.45, 2.75) is 37.4 Å². The van der Waals surface area contributed by atoms with E-state index in [1.165, 1.54) is 10.8 Å². The number of para-hydroxylation sites is 1. The molecule has 252 valence electrons. The van der Waals surface area contributed by atoms with E-state index >= 15 is 0 Å². The Morgan fingerprint density at radius 3 is 1.92 bits per heavy atom. The maximum atomic E-state index is 13.2. The van der Waals surface area contributed by atoms with Crippen LogP contribution in [0.1, 0.15) is 34.9 Å². The van der Waals surface area contributed by atoms with Crippen molar-refractivity contribution in [3.05, 3.63) is 158 Å². The number of hydrogen-bond acceptors (Lipinski definition) is 9. The number of nitrogens with zero attached hydrogens (tertiary/aromatic N) is 1. The van der Waals surface area contributed by atoms with E-state index in [0.717, 1.165) is 16.7 Å². The molecule has 1 fully saturated rings. The molecule has 12 heteroatoms. The summed E-state index contributed by atoms with van der Waals surface area (Å²) in [6.45, 7) is 1.54. The molecule has 4 aromatic carbocycles. The largest absolute Gasteiger partial charge is 0.750 e. The van der Waals surface area contributed by atoms with Crippen LogP contribution in [0.15, 0.2) is 125 Å². The average molecular weight is 684 g/mol. The van der Waals surface area contributed by atoms with Gasteiger partial charge in [0.15, 0.2) is 5.75 Å². The Labute approximate surface area is 283 Å². The van der Waals surface area contributed by atoms with Crippen molar-refractivity contribution in [1.82, 2.24) is 9.55 Å². The third kappa shape index (κ3) is 7.35. The van der Waals surface area contributed by atoms with Gasteiger partial charge in [-0.25, -0.2) is 9.32 Å². The monoisotopic (exact) mass is 683 g/mol. The standard InChI is InChI=1S/C37H35N2O9P/c1-25-23-39(36(41)38-35(25)40)34-22-32(48-49(42)47-31-12-8-5-9-13-31)33(46-34)24-45-37(26-10-6-4-7-11-26,27-14-18-29(43-2)19-15-27)28-16-20-30(44-3)21-17-28/h4-21,23,32-34H,22,24H2,1-3H3/p+1/t32-,33+,34+/m0/s1. The van der Waals surface area contributed by atoms with Crippen LogP contribution in [-0.2, 0) is 24.2 Å². The Bertz CT molecular complexity index is 1930. The van der Waals surface area contributed by atoms with Gasteiger partial charge >= 0.3 is 13.9 Å². The second-order valence-electron chi connectivity index (χ2n) is 11.4. The highest BCUT2D eigenvalue weighted by molar-refractivity contribution is 7.33. The smallest absolute Gasteiger partial charge is 0.497 e. The van der Waals surface area contributed by atoms with E-state index in [4.69, 9.17) is 28.0 Å². The molecule has 0 radical (unpaired) electrons. The van der Waals surface area contributed by atoms with E-state index in [1.54, 1.807) is 45.4 Å². The Kier molecular flexibility index (Phi) is 10.4. The lowest BCUT2D eigenvalue weighted by Crippen LogP contribution is -2.38. The second-order valence-corrected chi connectivity index (χ2v) is 12.3. The van der Waals surface area contributed by atoms with Crippen LogP contribution in [0.4, 0.5) is 0 Å². The van der Waals surface area contributed by atoms with Crippen molar-refractivity contribution in [3.63, 3.8) is 0 Å². The quantitative estimate of drug-likeness (QED) is 0.113. The summed E-state index contributed by atoms with van der Waals surface area (Å²) in [5.41, 5.74) is 0.494. The molecule has 1 saturated heterocycles. The molecule has 0 saturated carbocycles. The molecule has 1 aliphatic rings. The first-order valence-electron chi connectivity index (χ1n) is 15.6. The Morgan fingerprint density at radius 2 is 1.35 bits per heavy atom. The minimum atomic E-state index is -2.64. The first kappa shape index (κ1) is 33.8. The molecule has 1 aromatic heterocycles. The fourth-order valence-corrected chi connectivity index (χ4v) is 6.69. The van der Waals surface area contributed by atoms with Gasteiger partial charge in [0.1, 0.15) is 35.5 Å². The minimum absolute atomic E-state index is 0.0558. The SMILES string of the molecule is COc1ccc(C(OC[C@H]2O[C@@H](n3cc(C)c(=O)[nH]c3=O)C[C@@H]2O[P+](=O)Oc2ccccc2)(c2ccccc2)c2ccc(OC)cc2)cc1. The zero-order chi connectivity index (χ0) is 34.4. The number of nitrogens with one attached hydrogen (secondary N) is 1. The summed E-state index contributed by atoms with van der Waals surface area (Å²) >= 11 is 0. The summed E-state index contributed by atoms with van der Waals surface area (Å²) in [5, 5.41) is 0. The van der Waals surface area contributed by atoms with E-state index in [1.807, 2.05) is 84.9 Å². The van der Waals surface area contributed by atoms with Gasteiger partial charge in [-0.15, -0.1) is 4.52 Å². The van der Waals surface area contributed by atoms with Crippen LogP contribution in [0.25, 0.3) is 0 Å². The van der Waals surface area contributed by atoms with E-state index in [-0.39, 0.29) is 13.0 Å². The lowest BCUT2D eigenvalue weighted by molar-refractivity contribution is -0.0916. The van der Waals surface area contributed by atoms with Crippen molar-refractivity contribution >= 4 is 8.25 Å². The molecule has 0 aliphatic carbocycles. The van der Waals surface area contributed by atoms with Gasteiger partial charge in [0.25, 0.3) is 5.56 Å². The predicted molar refractivity (Wildman–Crippen MR) is 182 cm³/mol. The minimum Gasteiger partial charge on any atom is -0.497 e. The molecule has 1 aliphatic heterocycles. The van der Waals surface area contributed by atoms with Gasteiger partial charge in [-0.2, -0.15) is 0 Å². The zero-order valence-corrected chi connectivity index (χ0v) is 28.1. The highest BCUT2D eigenvalue weighted by atomic mass is 31.1. The molecular formula is C37H36N2O9P+. The number of hydrogen-bond donors (Lipinski definition) is 1. The molecule has 11 nitrogen and oxygen atoms in total. The van der Waals surface area contributed by atoms with Gasteiger partial charge in [0.2, 0.25) is 0 Å². The molecule has 4 atom stereocenters. The summed E-state index contributed by atoms with van der Waals surface area (Å²) < 4.78 is 50.4. The van der Waals surface area contributed by atoms with Gasteiger partial charge in [-0.05, 0) is 60.0 Å². The molecule has 1 N–H and O–H groups in total. The summed E-state index contributed by atoms with van der Waals surface area (Å²) in [6.07, 6.45) is -0.925. The number of aromatic amines is 1. The van der Waals surface area contributed by atoms with Crippen LogP contribution in [0.2, 0.25) is 0 Å². The van der Waals surface area contributed by atoms with Gasteiger partial charge in [0, 0.05) is 22.7 Å². The van der Waals surface area contributed by atoms with Crippen LogP contribution in [-0.4, -0.2) is 42.6 Å². The van der Waals surface area contributed by atoms with Gasteiger partial charge in [-0.3, -0.25) is 14.3 Å². The lowest BCUT2D eigenvalue weighted by Gasteiger charge is -2.37. The van der Waals surface area contributed by atoms with E-state index in [2.05, 4.69) is 4.98 Å². The molecule has 5 aromatic rings. The maximum Gasteiger partial charge on any atom is 0.750 e. The van der Waals surface area contributed by atoms with Crippen molar-refractivity contribution < 1.29 is 32.6 Å². The number of methoxy groups -OCH3 is 2. The molecule has 1 unspecified atom stereocenters. The first-order chi connectivity index (χ1) is 23.8. The predicted octanol–water partition coefficient (Wildman–Crippen LogP) is 6.28. The van der Waals surface area contributed by atoms with Gasteiger partial charge < -0.3 is 18.9 Å². The zero-order valence-electron chi connectivity index (χ0n) is 27.2. The molecule has 0 amide bonds. The molecule has 6 rings (SSSR count). The maximum absolute atomic E-state index is 13.2. The second kappa shape index (κ2) is 15.0. The highest BCUT2D eigenvalue weighted by Gasteiger charge is 2.47. The van der Waals surface area contributed by atoms with Crippen LogP contribution in [0.5, 0.6) is 17.2 Å². The number of benzene rings is 4. The van der Waals surface area contributed by atoms with Crippen LogP contribution in [0.3, 0.4) is 0 Å². The highest BCUT2D eigenvalue weighted by Crippen LogP contribution is 2.44. The fraction of sp³-hybridized carbons (Fsp3) is 0.243. The number of rotatable bonds is 13. The Balaban J connectivity index is 1.39. The van der Waals surface area contributed by atoms with E-state index in [9.17, 15) is 14.2 Å². The van der Waals surface area contributed by atoms with Crippen LogP contribution < -0.4 is 25.2 Å². The number of ether oxygens (including phenoxy) is 4. The van der Waals surface area contributed by atoms with Crippen molar-refractivity contribution in [3.8, 4) is 17.2 Å². The van der Waals surface area contributed by atoms with Crippen LogP contribution in [0, 0.1) is 6.92 Å². The van der Waals surface area contributed by atoms with Crippen LogP contribution >= 0.6 is 8.25 Å². The number of aryl methyl sites for hydroxylation is 1. The first-order valence-corrected chi connectivity index (χ1v) is 16.7. The van der Waals surface area contributed by atoms with Gasteiger partial charge in [0.05, 0.1) is 20.8 Å². The summed E-state index contributed by atoms with van der Waals surface area (Å²) in [6, 6.07) is 33.7. The average Bonchev–Trinajstić information content (AvgIpc) is 3.53. The van der Waals surface area contributed by atoms with E-state index in [0.29, 0.717) is 22.8 Å². The van der Waals surface area contributed by atoms with Gasteiger partial charge in [-0.1, -0.05) is 72.8 Å². The lowest BCUT2D eigenvalue weighted by atomic mass is 9.80. The Morgan fingerprint density at radius 1 is 0.796 bits per heavy atom. The van der Waals surface area contributed by atoms with E-state index < -0.39 is 43.5 Å². The van der Waals surface area contributed by atoms with Crippen molar-refractivity contribution in [2.75, 3.05) is 20.8 Å². The summed E-state index contributed by atoms with van der Waals surface area (Å²) in [4.78, 5) is 27.3. The third-order valence-electron chi connectivity index (χ3n) is 8.42. The molecule has 0 spiro atoms. The number of H-pyrrole nitrogens is 1. The molecule has 2 heterocycles. The summed E-state index contributed by atoms with van der Waals surface area (Å²) in [7, 11) is 0.571. The Hall–Kier alpha value is -5.06. The fourth-order valence-electron chi connectivity index (χ4n) is 5.91. The topological polar surface area (TPSA) is 127 Å². The molecular weight excluding hydrogens is 647 g/mol. The third-order valence-corrected chi connectivity index (χ3v) is 9.22. The van der Waals surface area contributed by atoms with Crippen molar-refractivity contribution in [1.29, 1.82) is 0 Å². The summed E-state index contributed by atoms with van der Waals surface area (Å²) in [5.74, 6) is 1.74. The van der Waals surface area contributed by atoms with Crippen molar-refractivity contribution in [2.24, 2.45) is 0 Å². The number of aromatic nitrogens is 2.